The lowest BCUT2D eigenvalue weighted by Crippen LogP contribution is -2.28. The van der Waals surface area contributed by atoms with Crippen molar-refractivity contribution in [3.8, 4) is 11.5 Å². The number of carbonyl (C=O) groups is 1. The number of alkyl halides is 3. The van der Waals surface area contributed by atoms with Gasteiger partial charge < -0.3 is 15.2 Å². The molecule has 0 aromatic heterocycles. The van der Waals surface area contributed by atoms with Gasteiger partial charge in [-0.2, -0.15) is 13.2 Å². The van der Waals surface area contributed by atoms with Crippen LogP contribution < -0.4 is 15.2 Å². The predicted molar refractivity (Wildman–Crippen MR) is 57.3 cm³/mol. The first-order chi connectivity index (χ1) is 8.25. The number of halogens is 3. The molecule has 0 amide bonds. The monoisotopic (exact) mass is 263 g/mol. The summed E-state index contributed by atoms with van der Waals surface area (Å²) in [6.07, 6.45) is -4.55. The van der Waals surface area contributed by atoms with Crippen molar-refractivity contribution in [2.45, 2.75) is 19.1 Å². The van der Waals surface area contributed by atoms with Crippen LogP contribution in [0.25, 0.3) is 0 Å². The molecule has 0 aliphatic heterocycles. The van der Waals surface area contributed by atoms with Gasteiger partial charge in [0.15, 0.2) is 11.5 Å². The van der Waals surface area contributed by atoms with Gasteiger partial charge in [-0.1, -0.05) is 6.07 Å². The molecule has 0 saturated heterocycles. The molecule has 0 heterocycles. The van der Waals surface area contributed by atoms with Crippen LogP contribution in [0.2, 0.25) is 0 Å². The predicted octanol–water partition coefficient (Wildman–Crippen LogP) is 2.18. The summed E-state index contributed by atoms with van der Waals surface area (Å²) in [6, 6.07) is 1.33. The number of ether oxygens (including phenoxy) is 2. The molecule has 7 heteroatoms. The van der Waals surface area contributed by atoms with Crippen molar-refractivity contribution < 1.29 is 27.4 Å². The second-order valence-corrected chi connectivity index (χ2v) is 3.52. The van der Waals surface area contributed by atoms with Gasteiger partial charge in [0.05, 0.1) is 7.11 Å². The van der Waals surface area contributed by atoms with Crippen LogP contribution >= 0.6 is 0 Å². The average Bonchev–Trinajstić information content (AvgIpc) is 2.26. The van der Waals surface area contributed by atoms with E-state index >= 15 is 0 Å². The maximum atomic E-state index is 12.4. The van der Waals surface area contributed by atoms with Crippen molar-refractivity contribution in [1.82, 2.24) is 0 Å². The van der Waals surface area contributed by atoms with E-state index in [2.05, 4.69) is 0 Å². The normalized spacial score (nSPS) is 13.0. The molecule has 1 atom stereocenters. The Morgan fingerprint density at radius 2 is 1.94 bits per heavy atom. The molecular weight excluding hydrogens is 251 g/mol. The number of methoxy groups -OCH3 is 1. The molecule has 0 spiro atoms. The van der Waals surface area contributed by atoms with E-state index in [9.17, 15) is 18.0 Å². The SMILES string of the molecule is COc1cc([C@H](N)C(F)(F)F)ccc1OC(C)=O. The molecular formula is C11H12F3NO3. The van der Waals surface area contributed by atoms with Crippen LogP contribution in [0.3, 0.4) is 0 Å². The summed E-state index contributed by atoms with van der Waals surface area (Å²) in [4.78, 5) is 10.8. The van der Waals surface area contributed by atoms with Crippen LogP contribution in [0, 0.1) is 0 Å². The summed E-state index contributed by atoms with van der Waals surface area (Å²) in [7, 11) is 1.26. The summed E-state index contributed by atoms with van der Waals surface area (Å²) >= 11 is 0. The fraction of sp³-hybridized carbons (Fsp3) is 0.364. The Balaban J connectivity index is 3.09. The van der Waals surface area contributed by atoms with Gasteiger partial charge in [0, 0.05) is 6.92 Å². The van der Waals surface area contributed by atoms with Crippen molar-refractivity contribution >= 4 is 5.97 Å². The molecule has 1 aromatic rings. The Kier molecular flexibility index (Phi) is 4.18. The Labute approximate surface area is 101 Å². The van der Waals surface area contributed by atoms with Crippen molar-refractivity contribution in [2.75, 3.05) is 7.11 Å². The van der Waals surface area contributed by atoms with E-state index in [4.69, 9.17) is 15.2 Å². The third-order valence-corrected chi connectivity index (χ3v) is 2.15. The van der Waals surface area contributed by atoms with Gasteiger partial charge in [-0.05, 0) is 17.7 Å². The number of hydrogen-bond donors (Lipinski definition) is 1. The minimum absolute atomic E-state index is 0.0161. The van der Waals surface area contributed by atoms with E-state index in [0.29, 0.717) is 0 Å². The van der Waals surface area contributed by atoms with Crippen LogP contribution in [0.15, 0.2) is 18.2 Å². The summed E-state index contributed by atoms with van der Waals surface area (Å²) in [5, 5.41) is 0. The van der Waals surface area contributed by atoms with Crippen molar-refractivity contribution in [1.29, 1.82) is 0 Å². The number of esters is 1. The van der Waals surface area contributed by atoms with E-state index in [0.717, 1.165) is 12.1 Å². The van der Waals surface area contributed by atoms with Crippen LogP contribution in [0.5, 0.6) is 11.5 Å². The standard InChI is InChI=1S/C11H12F3NO3/c1-6(16)18-8-4-3-7(5-9(8)17-2)10(15)11(12,13)14/h3-5,10H,15H2,1-2H3/t10-/m0/s1. The molecule has 0 radical (unpaired) electrons. The lowest BCUT2D eigenvalue weighted by atomic mass is 10.1. The molecule has 2 N–H and O–H groups in total. The second-order valence-electron chi connectivity index (χ2n) is 3.52. The van der Waals surface area contributed by atoms with Crippen LogP contribution in [-0.4, -0.2) is 19.3 Å². The highest BCUT2D eigenvalue weighted by Gasteiger charge is 2.38. The van der Waals surface area contributed by atoms with E-state index in [1.807, 2.05) is 0 Å². The zero-order chi connectivity index (χ0) is 13.9. The Hall–Kier alpha value is -1.76. The first-order valence-electron chi connectivity index (χ1n) is 4.94. The number of nitrogens with two attached hydrogens (primary N) is 1. The van der Waals surface area contributed by atoms with Crippen LogP contribution in [0.1, 0.15) is 18.5 Å². The van der Waals surface area contributed by atoms with E-state index in [-0.39, 0.29) is 17.1 Å². The quantitative estimate of drug-likeness (QED) is 0.670. The fourth-order valence-corrected chi connectivity index (χ4v) is 1.31. The molecule has 1 aromatic carbocycles. The van der Waals surface area contributed by atoms with E-state index in [1.54, 1.807) is 0 Å². The topological polar surface area (TPSA) is 61.6 Å². The fourth-order valence-electron chi connectivity index (χ4n) is 1.31. The summed E-state index contributed by atoms with van der Waals surface area (Å²) < 4.78 is 46.9. The van der Waals surface area contributed by atoms with Gasteiger partial charge in [0.1, 0.15) is 6.04 Å². The highest BCUT2D eigenvalue weighted by Crippen LogP contribution is 2.35. The molecule has 0 aliphatic carbocycles. The third-order valence-electron chi connectivity index (χ3n) is 2.15. The first-order valence-corrected chi connectivity index (χ1v) is 4.94. The third kappa shape index (κ3) is 3.36. The molecule has 100 valence electrons. The molecule has 18 heavy (non-hydrogen) atoms. The largest absolute Gasteiger partial charge is 0.493 e. The minimum Gasteiger partial charge on any atom is -0.493 e. The Bertz CT molecular complexity index is 446. The number of carbonyl (C=O) groups excluding carboxylic acids is 1. The summed E-state index contributed by atoms with van der Waals surface area (Å²) in [5.41, 5.74) is 4.89. The number of benzene rings is 1. The maximum Gasteiger partial charge on any atom is 0.407 e. The molecule has 1 rings (SSSR count). The maximum absolute atomic E-state index is 12.4. The molecule has 0 aliphatic rings. The molecule has 0 unspecified atom stereocenters. The van der Waals surface area contributed by atoms with E-state index in [1.165, 1.54) is 20.1 Å². The van der Waals surface area contributed by atoms with Gasteiger partial charge in [-0.3, -0.25) is 4.79 Å². The number of rotatable bonds is 3. The van der Waals surface area contributed by atoms with Crippen molar-refractivity contribution in [2.24, 2.45) is 5.73 Å². The first kappa shape index (κ1) is 14.3. The Morgan fingerprint density at radius 3 is 2.39 bits per heavy atom. The van der Waals surface area contributed by atoms with Gasteiger partial charge in [0.25, 0.3) is 0 Å². The second kappa shape index (κ2) is 5.26. The smallest absolute Gasteiger partial charge is 0.407 e. The average molecular weight is 263 g/mol. The highest BCUT2D eigenvalue weighted by atomic mass is 19.4. The zero-order valence-corrected chi connectivity index (χ0v) is 9.75. The number of hydrogen-bond acceptors (Lipinski definition) is 4. The van der Waals surface area contributed by atoms with Crippen molar-refractivity contribution in [3.05, 3.63) is 23.8 Å². The molecule has 4 nitrogen and oxygen atoms in total. The molecule has 0 bridgehead atoms. The zero-order valence-electron chi connectivity index (χ0n) is 9.75. The van der Waals surface area contributed by atoms with Crippen molar-refractivity contribution in [3.63, 3.8) is 0 Å². The van der Waals surface area contributed by atoms with Gasteiger partial charge in [-0.25, -0.2) is 0 Å². The van der Waals surface area contributed by atoms with Gasteiger partial charge >= 0.3 is 12.1 Å². The summed E-state index contributed by atoms with van der Waals surface area (Å²) in [6.45, 7) is 1.18. The lowest BCUT2D eigenvalue weighted by Gasteiger charge is -2.17. The van der Waals surface area contributed by atoms with E-state index < -0.39 is 18.2 Å². The minimum atomic E-state index is -4.55. The summed E-state index contributed by atoms with van der Waals surface area (Å²) in [5.74, 6) is -0.535. The van der Waals surface area contributed by atoms with Crippen LogP contribution in [-0.2, 0) is 4.79 Å². The van der Waals surface area contributed by atoms with Crippen LogP contribution in [0.4, 0.5) is 13.2 Å². The highest BCUT2D eigenvalue weighted by molar-refractivity contribution is 5.70. The van der Waals surface area contributed by atoms with Gasteiger partial charge in [0.2, 0.25) is 0 Å². The Morgan fingerprint density at radius 1 is 1.33 bits per heavy atom. The lowest BCUT2D eigenvalue weighted by molar-refractivity contribution is -0.149. The van der Waals surface area contributed by atoms with Gasteiger partial charge in [-0.15, -0.1) is 0 Å². The molecule has 0 saturated carbocycles. The molecule has 0 fully saturated rings.